The van der Waals surface area contributed by atoms with Crippen molar-refractivity contribution in [1.82, 2.24) is 28.2 Å². The lowest BCUT2D eigenvalue weighted by Crippen LogP contribution is -2.04. The molecule has 0 amide bonds. The predicted molar refractivity (Wildman–Crippen MR) is 133 cm³/mol. The van der Waals surface area contributed by atoms with Crippen molar-refractivity contribution in [3.05, 3.63) is 54.6 Å². The van der Waals surface area contributed by atoms with E-state index < -0.39 is 35.8 Å². The number of hydrogen-bond donors (Lipinski definition) is 3. The number of nitrogens with zero attached hydrogens (tertiary/aromatic N) is 6. The third kappa shape index (κ3) is 3.10. The van der Waals surface area contributed by atoms with Gasteiger partial charge in [0.1, 0.15) is 0 Å². The Balaban J connectivity index is 1.79. The minimum absolute atomic E-state index is 0.0330. The molecular formula is C21H12N6O8S3. The largest absolute Gasteiger partial charge is 0.294 e. The molecule has 192 valence electrons. The molecule has 4 aromatic heterocycles. The van der Waals surface area contributed by atoms with Crippen molar-refractivity contribution in [2.75, 3.05) is 0 Å². The van der Waals surface area contributed by atoms with Crippen molar-refractivity contribution in [3.8, 4) is 0 Å². The molecule has 0 unspecified atom stereocenters. The molecule has 0 bridgehead atoms. The Kier molecular flexibility index (Phi) is 4.38. The Bertz CT molecular complexity index is 2500. The van der Waals surface area contributed by atoms with Crippen molar-refractivity contribution in [1.29, 1.82) is 0 Å². The molecule has 0 spiro atoms. The second-order valence-electron chi connectivity index (χ2n) is 8.42. The number of rotatable bonds is 3. The average molecular weight is 573 g/mol. The van der Waals surface area contributed by atoms with E-state index in [1.807, 2.05) is 0 Å². The lowest BCUT2D eigenvalue weighted by molar-refractivity contribution is 0.481. The van der Waals surface area contributed by atoms with Gasteiger partial charge in [-0.1, -0.05) is 0 Å². The van der Waals surface area contributed by atoms with Gasteiger partial charge in [0.15, 0.2) is 10.7 Å². The maximum absolute atomic E-state index is 11.9. The SMILES string of the molecule is O=[SH](=O)c1ccc2nc3n4c5ccc(S(=O)(=O)O)cc5nc4n4c5cc(S(=O)(=O)O)ccc5nc4n3c2c1. The molecule has 17 heteroatoms. The molecular weight excluding hydrogens is 560 g/mol. The van der Waals surface area contributed by atoms with Crippen LogP contribution in [0.2, 0.25) is 0 Å². The van der Waals surface area contributed by atoms with Gasteiger partial charge in [-0.3, -0.25) is 9.11 Å². The van der Waals surface area contributed by atoms with Crippen LogP contribution in [0.3, 0.4) is 0 Å². The van der Waals surface area contributed by atoms with Gasteiger partial charge in [0, 0.05) is 0 Å². The number of benzene rings is 3. The van der Waals surface area contributed by atoms with Crippen LogP contribution in [0.1, 0.15) is 0 Å². The predicted octanol–water partition coefficient (Wildman–Crippen LogP) is 1.55. The molecule has 4 heterocycles. The summed E-state index contributed by atoms with van der Waals surface area (Å²) in [5.41, 5.74) is 1.91. The highest BCUT2D eigenvalue weighted by Gasteiger charge is 2.23. The van der Waals surface area contributed by atoms with Crippen LogP contribution in [-0.4, -0.2) is 62.5 Å². The summed E-state index contributed by atoms with van der Waals surface area (Å²) in [4.78, 5) is 13.1. The monoisotopic (exact) mass is 572 g/mol. The van der Waals surface area contributed by atoms with Gasteiger partial charge in [0.2, 0.25) is 17.3 Å². The Morgan fingerprint density at radius 3 is 1.63 bits per heavy atom. The van der Waals surface area contributed by atoms with E-state index >= 15 is 0 Å². The summed E-state index contributed by atoms with van der Waals surface area (Å²) in [6, 6.07) is 11.9. The first-order valence-corrected chi connectivity index (χ1v) is 14.7. The normalized spacial score (nSPS) is 13.3. The minimum atomic E-state index is -4.57. The van der Waals surface area contributed by atoms with E-state index in [0.717, 1.165) is 0 Å². The van der Waals surface area contributed by atoms with Crippen LogP contribution in [0.5, 0.6) is 0 Å². The smallest absolute Gasteiger partial charge is 0.282 e. The second kappa shape index (κ2) is 7.23. The Morgan fingerprint density at radius 2 is 1.05 bits per heavy atom. The molecule has 3 aromatic carbocycles. The number of imidazole rings is 3. The summed E-state index contributed by atoms with van der Waals surface area (Å²) in [6.07, 6.45) is 0. The number of thiol groups is 1. The first-order valence-electron chi connectivity index (χ1n) is 10.6. The molecule has 0 aliphatic rings. The van der Waals surface area contributed by atoms with Gasteiger partial charge in [-0.05, 0) is 54.6 Å². The first-order chi connectivity index (χ1) is 17.9. The van der Waals surface area contributed by atoms with Crippen LogP contribution in [-0.2, 0) is 30.9 Å². The quantitative estimate of drug-likeness (QED) is 0.205. The van der Waals surface area contributed by atoms with Crippen molar-refractivity contribution in [2.45, 2.75) is 14.7 Å². The van der Waals surface area contributed by atoms with E-state index in [-0.39, 0.29) is 38.2 Å². The van der Waals surface area contributed by atoms with Gasteiger partial charge in [0.05, 0.1) is 47.8 Å². The van der Waals surface area contributed by atoms with Gasteiger partial charge in [-0.25, -0.2) is 36.6 Å². The van der Waals surface area contributed by atoms with E-state index in [9.17, 15) is 34.4 Å². The molecule has 7 rings (SSSR count). The second-order valence-corrected chi connectivity index (χ2v) is 12.3. The summed E-state index contributed by atoms with van der Waals surface area (Å²) in [6.45, 7) is 0. The summed E-state index contributed by atoms with van der Waals surface area (Å²) >= 11 is 0. The fourth-order valence-corrected chi connectivity index (χ4v) is 6.04. The highest BCUT2D eigenvalue weighted by Crippen LogP contribution is 2.30. The zero-order valence-electron chi connectivity index (χ0n) is 18.5. The molecule has 2 N–H and O–H groups in total. The van der Waals surface area contributed by atoms with E-state index in [2.05, 4.69) is 15.0 Å². The van der Waals surface area contributed by atoms with Crippen LogP contribution in [0.4, 0.5) is 0 Å². The molecule has 0 aliphatic carbocycles. The molecule has 0 saturated carbocycles. The standard InChI is InChI=1S/C21H12N6O8S3/c28-36(29)10-1-4-13-17(7-10)26-19(22-13)25-16-6-3-11(37(30,31)32)8-15(16)24-21(25)27-18-9-12(38(33,34)35)2-5-14(18)23-20(26)27/h1-9,36H,(H,30,31,32)(H,33,34,35). The highest BCUT2D eigenvalue weighted by molar-refractivity contribution is 7.86. The molecule has 38 heavy (non-hydrogen) atoms. The van der Waals surface area contributed by atoms with Crippen LogP contribution in [0.25, 0.3) is 50.4 Å². The zero-order valence-corrected chi connectivity index (χ0v) is 21.0. The van der Waals surface area contributed by atoms with E-state index in [0.29, 0.717) is 22.1 Å². The van der Waals surface area contributed by atoms with Crippen molar-refractivity contribution in [3.63, 3.8) is 0 Å². The van der Waals surface area contributed by atoms with Crippen LogP contribution in [0, 0.1) is 0 Å². The van der Waals surface area contributed by atoms with Gasteiger partial charge < -0.3 is 0 Å². The number of aromatic nitrogens is 6. The van der Waals surface area contributed by atoms with Crippen LogP contribution in [0.15, 0.2) is 69.3 Å². The summed E-state index contributed by atoms with van der Waals surface area (Å²) in [5.74, 6) is 0.615. The van der Waals surface area contributed by atoms with Gasteiger partial charge in [-0.2, -0.15) is 16.8 Å². The number of hydrogen-bond acceptors (Lipinski definition) is 9. The average Bonchev–Trinajstić information content (AvgIpc) is 3.51. The molecule has 7 aromatic rings. The maximum atomic E-state index is 11.9. The molecule has 14 nitrogen and oxygen atoms in total. The molecule has 0 radical (unpaired) electrons. The van der Waals surface area contributed by atoms with E-state index in [4.69, 9.17) is 0 Å². The van der Waals surface area contributed by atoms with Gasteiger partial charge in [0.25, 0.3) is 20.2 Å². The van der Waals surface area contributed by atoms with Gasteiger partial charge in [-0.15, -0.1) is 0 Å². The Labute approximate surface area is 212 Å². The first kappa shape index (κ1) is 23.0. The summed E-state index contributed by atoms with van der Waals surface area (Å²) in [5, 5.41) is 0. The summed E-state index contributed by atoms with van der Waals surface area (Å²) < 4.78 is 94.4. The van der Waals surface area contributed by atoms with Crippen molar-refractivity contribution >= 4 is 81.4 Å². The Hall–Kier alpha value is -4.16. The fourth-order valence-electron chi connectivity index (χ4n) is 4.62. The molecule has 0 aliphatic heterocycles. The van der Waals surface area contributed by atoms with Crippen molar-refractivity contribution in [2.24, 2.45) is 0 Å². The number of fused-ring (bicyclic) bond motifs is 12. The molecule has 0 atom stereocenters. The fraction of sp³-hybridized carbons (Fsp3) is 0. The molecule has 0 fully saturated rings. The third-order valence-electron chi connectivity index (χ3n) is 6.24. The lowest BCUT2D eigenvalue weighted by Gasteiger charge is -2.05. The van der Waals surface area contributed by atoms with Gasteiger partial charge >= 0.3 is 0 Å². The zero-order chi connectivity index (χ0) is 26.7. The van der Waals surface area contributed by atoms with E-state index in [1.54, 1.807) is 8.80 Å². The van der Waals surface area contributed by atoms with Crippen molar-refractivity contribution < 1.29 is 34.4 Å². The highest BCUT2D eigenvalue weighted by atomic mass is 32.2. The van der Waals surface area contributed by atoms with E-state index in [1.165, 1.54) is 59.0 Å². The topological polar surface area (TPSA) is 195 Å². The van der Waals surface area contributed by atoms with Crippen LogP contribution >= 0.6 is 0 Å². The third-order valence-corrected chi connectivity index (χ3v) is 8.64. The molecule has 0 saturated heterocycles. The lowest BCUT2D eigenvalue weighted by atomic mass is 10.3. The Morgan fingerprint density at radius 1 is 0.579 bits per heavy atom. The maximum Gasteiger partial charge on any atom is 0.294 e. The minimum Gasteiger partial charge on any atom is -0.282 e. The summed E-state index contributed by atoms with van der Waals surface area (Å²) in [7, 11) is -12.0. The van der Waals surface area contributed by atoms with Crippen LogP contribution < -0.4 is 0 Å².